The Kier molecular flexibility index (Phi) is 3.04. The molecule has 0 bridgehead atoms. The Morgan fingerprint density at radius 1 is 1.67 bits per heavy atom. The van der Waals surface area contributed by atoms with Gasteiger partial charge in [-0.1, -0.05) is 5.16 Å². The number of aliphatic hydroxyl groups excluding tert-OH is 1. The van der Waals surface area contributed by atoms with Gasteiger partial charge in [-0.25, -0.2) is 0 Å². The van der Waals surface area contributed by atoms with Crippen LogP contribution in [0.4, 0.5) is 6.01 Å². The van der Waals surface area contributed by atoms with E-state index in [1.54, 1.807) is 13.8 Å². The van der Waals surface area contributed by atoms with Crippen molar-refractivity contribution in [2.45, 2.75) is 26.4 Å². The number of hydrogen-bond donors (Lipinski definition) is 2. The number of hydrogen-bond acceptors (Lipinski definition) is 5. The molecule has 68 valence electrons. The van der Waals surface area contributed by atoms with Gasteiger partial charge in [0, 0.05) is 6.54 Å². The summed E-state index contributed by atoms with van der Waals surface area (Å²) in [7, 11) is 0. The van der Waals surface area contributed by atoms with Crippen molar-refractivity contribution in [2.24, 2.45) is 0 Å². The molecule has 0 aliphatic rings. The van der Waals surface area contributed by atoms with Gasteiger partial charge in [-0.15, -0.1) is 0 Å². The van der Waals surface area contributed by atoms with Crippen molar-refractivity contribution in [2.75, 3.05) is 11.9 Å². The van der Waals surface area contributed by atoms with E-state index < -0.39 is 0 Å². The number of aromatic nitrogens is 2. The molecule has 0 amide bonds. The standard InChI is InChI=1S/C7H13N3O2/c1-5(11)3-4-8-7-9-6(2)10-12-7/h5,11H,3-4H2,1-2H3,(H,8,9,10). The number of anilines is 1. The molecule has 5 nitrogen and oxygen atoms in total. The maximum Gasteiger partial charge on any atom is 0.321 e. The summed E-state index contributed by atoms with van der Waals surface area (Å²) in [5, 5.41) is 15.4. The zero-order chi connectivity index (χ0) is 8.97. The highest BCUT2D eigenvalue weighted by Gasteiger charge is 2.01. The van der Waals surface area contributed by atoms with E-state index in [2.05, 4.69) is 15.5 Å². The van der Waals surface area contributed by atoms with Crippen molar-refractivity contribution in [3.63, 3.8) is 0 Å². The van der Waals surface area contributed by atoms with E-state index in [0.717, 1.165) is 0 Å². The van der Waals surface area contributed by atoms with E-state index in [4.69, 9.17) is 9.63 Å². The van der Waals surface area contributed by atoms with E-state index in [1.165, 1.54) is 0 Å². The van der Waals surface area contributed by atoms with Gasteiger partial charge < -0.3 is 14.9 Å². The van der Waals surface area contributed by atoms with Crippen LogP contribution in [0.2, 0.25) is 0 Å². The molecule has 0 aromatic carbocycles. The van der Waals surface area contributed by atoms with Gasteiger partial charge >= 0.3 is 6.01 Å². The molecule has 0 aliphatic heterocycles. The second-order valence-corrected chi connectivity index (χ2v) is 2.71. The Balaban J connectivity index is 2.24. The van der Waals surface area contributed by atoms with Crippen LogP contribution in [0.3, 0.4) is 0 Å². The number of rotatable bonds is 4. The first-order valence-corrected chi connectivity index (χ1v) is 3.90. The molecule has 0 fully saturated rings. The minimum Gasteiger partial charge on any atom is -0.393 e. The zero-order valence-electron chi connectivity index (χ0n) is 7.24. The van der Waals surface area contributed by atoms with Crippen molar-refractivity contribution < 1.29 is 9.63 Å². The molecule has 0 aliphatic carbocycles. The van der Waals surface area contributed by atoms with Crippen molar-refractivity contribution in [3.8, 4) is 0 Å². The third kappa shape index (κ3) is 2.87. The zero-order valence-corrected chi connectivity index (χ0v) is 7.24. The number of nitrogens with zero attached hydrogens (tertiary/aromatic N) is 2. The van der Waals surface area contributed by atoms with Gasteiger partial charge in [0.15, 0.2) is 5.82 Å². The summed E-state index contributed by atoms with van der Waals surface area (Å²) in [5.74, 6) is 0.606. The SMILES string of the molecule is Cc1noc(NCCC(C)O)n1. The average Bonchev–Trinajstić information content (AvgIpc) is 2.35. The third-order valence-electron chi connectivity index (χ3n) is 1.37. The Morgan fingerprint density at radius 3 is 2.92 bits per heavy atom. The molecule has 12 heavy (non-hydrogen) atoms. The second kappa shape index (κ2) is 4.06. The first kappa shape index (κ1) is 8.99. The largest absolute Gasteiger partial charge is 0.393 e. The molecule has 1 heterocycles. The van der Waals surface area contributed by atoms with E-state index >= 15 is 0 Å². The topological polar surface area (TPSA) is 71.2 Å². The van der Waals surface area contributed by atoms with Gasteiger partial charge in [-0.05, 0) is 20.3 Å². The third-order valence-corrected chi connectivity index (χ3v) is 1.37. The van der Waals surface area contributed by atoms with E-state index in [9.17, 15) is 0 Å². The van der Waals surface area contributed by atoms with Gasteiger partial charge in [-0.2, -0.15) is 4.98 Å². The fraction of sp³-hybridized carbons (Fsp3) is 0.714. The molecule has 1 aromatic rings. The van der Waals surface area contributed by atoms with Gasteiger partial charge in [0.1, 0.15) is 0 Å². The van der Waals surface area contributed by atoms with Crippen LogP contribution in [0.1, 0.15) is 19.2 Å². The predicted molar refractivity (Wildman–Crippen MR) is 43.8 cm³/mol. The molecule has 1 unspecified atom stereocenters. The van der Waals surface area contributed by atoms with Crippen molar-refractivity contribution in [1.82, 2.24) is 10.1 Å². The minimum atomic E-state index is -0.304. The van der Waals surface area contributed by atoms with Gasteiger partial charge in [0.05, 0.1) is 6.10 Å². The van der Waals surface area contributed by atoms with Gasteiger partial charge in [-0.3, -0.25) is 0 Å². The predicted octanol–water partition coefficient (Wildman–Crippen LogP) is 0.561. The normalized spacial score (nSPS) is 12.9. The molecular weight excluding hydrogens is 158 g/mol. The van der Waals surface area contributed by atoms with Crippen LogP contribution in [0.25, 0.3) is 0 Å². The number of aryl methyl sites for hydroxylation is 1. The molecule has 1 rings (SSSR count). The first-order chi connectivity index (χ1) is 5.68. The lowest BCUT2D eigenvalue weighted by Crippen LogP contribution is -2.09. The summed E-state index contributed by atoms with van der Waals surface area (Å²) in [4.78, 5) is 3.94. The Bertz CT molecular complexity index is 234. The summed E-state index contributed by atoms with van der Waals surface area (Å²) in [6, 6.07) is 0.410. The van der Waals surface area contributed by atoms with Crippen LogP contribution in [0, 0.1) is 6.92 Å². The smallest absolute Gasteiger partial charge is 0.321 e. The minimum absolute atomic E-state index is 0.304. The van der Waals surface area contributed by atoms with E-state index in [1.807, 2.05) is 0 Å². The van der Waals surface area contributed by atoms with Crippen LogP contribution >= 0.6 is 0 Å². The molecule has 1 atom stereocenters. The van der Waals surface area contributed by atoms with Crippen LogP contribution in [-0.4, -0.2) is 27.9 Å². The number of nitrogens with one attached hydrogen (secondary N) is 1. The quantitative estimate of drug-likeness (QED) is 0.692. The molecule has 1 aromatic heterocycles. The molecule has 5 heteroatoms. The van der Waals surface area contributed by atoms with Crippen molar-refractivity contribution in [1.29, 1.82) is 0 Å². The summed E-state index contributed by atoms with van der Waals surface area (Å²) >= 11 is 0. The molecule has 0 radical (unpaired) electrons. The van der Waals surface area contributed by atoms with Crippen molar-refractivity contribution >= 4 is 6.01 Å². The summed E-state index contributed by atoms with van der Waals surface area (Å²) in [5.41, 5.74) is 0. The summed E-state index contributed by atoms with van der Waals surface area (Å²) < 4.78 is 4.79. The molecule has 0 saturated heterocycles. The van der Waals surface area contributed by atoms with E-state index in [0.29, 0.717) is 24.8 Å². The fourth-order valence-electron chi connectivity index (χ4n) is 0.757. The second-order valence-electron chi connectivity index (χ2n) is 2.71. The maximum atomic E-state index is 8.93. The average molecular weight is 171 g/mol. The first-order valence-electron chi connectivity index (χ1n) is 3.90. The van der Waals surface area contributed by atoms with Crippen LogP contribution < -0.4 is 5.32 Å². The van der Waals surface area contributed by atoms with Crippen LogP contribution in [-0.2, 0) is 0 Å². The molecule has 2 N–H and O–H groups in total. The summed E-state index contributed by atoms with van der Waals surface area (Å²) in [6.07, 6.45) is 0.364. The summed E-state index contributed by atoms with van der Waals surface area (Å²) in [6.45, 7) is 4.13. The Labute approximate surface area is 70.8 Å². The van der Waals surface area contributed by atoms with E-state index in [-0.39, 0.29) is 6.10 Å². The highest BCUT2D eigenvalue weighted by Crippen LogP contribution is 2.01. The molecular formula is C7H13N3O2. The van der Waals surface area contributed by atoms with Crippen LogP contribution in [0.15, 0.2) is 4.52 Å². The monoisotopic (exact) mass is 171 g/mol. The van der Waals surface area contributed by atoms with Gasteiger partial charge in [0.2, 0.25) is 0 Å². The van der Waals surface area contributed by atoms with Crippen LogP contribution in [0.5, 0.6) is 0 Å². The molecule has 0 spiro atoms. The highest BCUT2D eigenvalue weighted by atomic mass is 16.5. The lowest BCUT2D eigenvalue weighted by Gasteiger charge is -2.02. The lowest BCUT2D eigenvalue weighted by molar-refractivity contribution is 0.188. The Hall–Kier alpha value is -1.10. The number of aliphatic hydroxyl groups is 1. The highest BCUT2D eigenvalue weighted by molar-refractivity contribution is 5.17. The Morgan fingerprint density at radius 2 is 2.42 bits per heavy atom. The lowest BCUT2D eigenvalue weighted by atomic mass is 10.3. The fourth-order valence-corrected chi connectivity index (χ4v) is 0.757. The molecule has 0 saturated carbocycles. The van der Waals surface area contributed by atoms with Crippen molar-refractivity contribution in [3.05, 3.63) is 5.82 Å². The van der Waals surface area contributed by atoms with Gasteiger partial charge in [0.25, 0.3) is 0 Å². The maximum absolute atomic E-state index is 8.93.